The molecule has 0 saturated heterocycles. The van der Waals surface area contributed by atoms with E-state index in [2.05, 4.69) is 4.72 Å². The van der Waals surface area contributed by atoms with Crippen LogP contribution in [0.25, 0.3) is 0 Å². The number of rotatable bonds is 7. The molecule has 0 bridgehead atoms. The topological polar surface area (TPSA) is 75.7 Å². The van der Waals surface area contributed by atoms with Gasteiger partial charge in [0.1, 0.15) is 5.75 Å². The Morgan fingerprint density at radius 2 is 1.75 bits per heavy atom. The van der Waals surface area contributed by atoms with Crippen molar-refractivity contribution in [1.29, 1.82) is 0 Å². The third-order valence-corrected chi connectivity index (χ3v) is 4.32. The van der Waals surface area contributed by atoms with Gasteiger partial charge >= 0.3 is 0 Å². The summed E-state index contributed by atoms with van der Waals surface area (Å²) in [7, 11) is -2.18. The van der Waals surface area contributed by atoms with Crippen molar-refractivity contribution in [3.8, 4) is 5.75 Å². The summed E-state index contributed by atoms with van der Waals surface area (Å²) in [6.07, 6.45) is 0. The van der Waals surface area contributed by atoms with Gasteiger partial charge in [0.15, 0.2) is 0 Å². The maximum Gasteiger partial charge on any atom is 0.241 e. The van der Waals surface area contributed by atoms with E-state index in [0.29, 0.717) is 18.8 Å². The van der Waals surface area contributed by atoms with E-state index in [1.807, 2.05) is 13.8 Å². The van der Waals surface area contributed by atoms with E-state index in [0.717, 1.165) is 0 Å². The summed E-state index contributed by atoms with van der Waals surface area (Å²) in [6.45, 7) is 4.56. The number of hydrogen-bond donors (Lipinski definition) is 1. The molecule has 0 atom stereocenters. The quantitative estimate of drug-likeness (QED) is 0.809. The van der Waals surface area contributed by atoms with Gasteiger partial charge in [-0.1, -0.05) is 0 Å². The molecular formula is C13H20N2O4S. The van der Waals surface area contributed by atoms with Gasteiger partial charge in [0.25, 0.3) is 0 Å². The van der Waals surface area contributed by atoms with Crippen molar-refractivity contribution in [2.75, 3.05) is 26.7 Å². The minimum absolute atomic E-state index is 0.102. The lowest BCUT2D eigenvalue weighted by Gasteiger charge is -2.18. The zero-order valence-corrected chi connectivity index (χ0v) is 12.7. The van der Waals surface area contributed by atoms with Gasteiger partial charge in [-0.3, -0.25) is 4.79 Å². The molecule has 0 heterocycles. The third-order valence-electron chi connectivity index (χ3n) is 2.90. The van der Waals surface area contributed by atoms with Gasteiger partial charge in [-0.25, -0.2) is 13.1 Å². The van der Waals surface area contributed by atoms with E-state index in [1.165, 1.54) is 19.2 Å². The molecule has 112 valence electrons. The van der Waals surface area contributed by atoms with Crippen LogP contribution < -0.4 is 9.46 Å². The highest BCUT2D eigenvalue weighted by molar-refractivity contribution is 7.89. The van der Waals surface area contributed by atoms with Crippen molar-refractivity contribution in [2.45, 2.75) is 18.7 Å². The molecule has 1 rings (SSSR count). The van der Waals surface area contributed by atoms with Gasteiger partial charge in [0.2, 0.25) is 15.9 Å². The number of sulfonamides is 1. The second-order valence-electron chi connectivity index (χ2n) is 4.07. The number of nitrogens with one attached hydrogen (secondary N) is 1. The molecule has 1 N–H and O–H groups in total. The summed E-state index contributed by atoms with van der Waals surface area (Å²) in [5.41, 5.74) is 0. The number of hydrogen-bond acceptors (Lipinski definition) is 4. The van der Waals surface area contributed by atoms with Gasteiger partial charge in [-0.05, 0) is 38.1 Å². The second kappa shape index (κ2) is 7.25. The highest BCUT2D eigenvalue weighted by atomic mass is 32.2. The molecular weight excluding hydrogens is 280 g/mol. The zero-order valence-electron chi connectivity index (χ0n) is 11.9. The number of ether oxygens (including phenoxy) is 1. The Morgan fingerprint density at radius 1 is 1.20 bits per heavy atom. The highest BCUT2D eigenvalue weighted by Crippen LogP contribution is 2.15. The molecule has 0 spiro atoms. The normalized spacial score (nSPS) is 11.2. The molecule has 7 heteroatoms. The fraction of sp³-hybridized carbons (Fsp3) is 0.462. The molecule has 0 fully saturated rings. The number of carbonyl (C=O) groups excluding carboxylic acids is 1. The van der Waals surface area contributed by atoms with Crippen LogP contribution in [-0.4, -0.2) is 46.0 Å². The lowest BCUT2D eigenvalue weighted by Crippen LogP contribution is -2.39. The molecule has 1 aromatic carbocycles. The first kappa shape index (κ1) is 16.5. The summed E-state index contributed by atoms with van der Waals surface area (Å²) >= 11 is 0. The summed E-state index contributed by atoms with van der Waals surface area (Å²) < 4.78 is 31.3. The Labute approximate surface area is 119 Å². The Balaban J connectivity index is 2.72. The summed E-state index contributed by atoms with van der Waals surface area (Å²) in [5.74, 6) is 0.329. The number of carbonyl (C=O) groups is 1. The number of benzene rings is 1. The summed E-state index contributed by atoms with van der Waals surface area (Å²) in [6, 6.07) is 5.98. The van der Waals surface area contributed by atoms with Crippen LogP contribution in [0.4, 0.5) is 0 Å². The lowest BCUT2D eigenvalue weighted by atomic mass is 10.3. The summed E-state index contributed by atoms with van der Waals surface area (Å²) in [5, 5.41) is 0. The molecule has 1 aromatic rings. The Bertz CT molecular complexity index is 536. The number of likely N-dealkylation sites (N-methyl/N-ethyl adjacent to an activating group) is 1. The summed E-state index contributed by atoms with van der Waals surface area (Å²) in [4.78, 5) is 13.4. The number of methoxy groups -OCH3 is 1. The minimum Gasteiger partial charge on any atom is -0.497 e. The standard InChI is InChI=1S/C13H20N2O4S/c1-4-15(5-2)13(16)10-14-20(17,18)12-8-6-11(19-3)7-9-12/h6-9,14H,4-5,10H2,1-3H3. The van der Waals surface area contributed by atoms with Crippen molar-refractivity contribution in [2.24, 2.45) is 0 Å². The number of amides is 1. The predicted octanol–water partition coefficient (Wildman–Crippen LogP) is 0.842. The van der Waals surface area contributed by atoms with E-state index in [-0.39, 0.29) is 17.3 Å². The van der Waals surface area contributed by atoms with Crippen LogP contribution in [0.2, 0.25) is 0 Å². The van der Waals surface area contributed by atoms with E-state index in [9.17, 15) is 13.2 Å². The lowest BCUT2D eigenvalue weighted by molar-refractivity contribution is -0.129. The van der Waals surface area contributed by atoms with E-state index >= 15 is 0 Å². The Morgan fingerprint density at radius 3 is 2.20 bits per heavy atom. The van der Waals surface area contributed by atoms with Crippen LogP contribution in [-0.2, 0) is 14.8 Å². The van der Waals surface area contributed by atoms with Crippen LogP contribution in [0.5, 0.6) is 5.75 Å². The molecule has 0 aromatic heterocycles. The van der Waals surface area contributed by atoms with Crippen LogP contribution in [0.3, 0.4) is 0 Å². The van der Waals surface area contributed by atoms with Gasteiger partial charge in [0, 0.05) is 13.1 Å². The zero-order chi connectivity index (χ0) is 15.2. The average Bonchev–Trinajstić information content (AvgIpc) is 2.46. The van der Waals surface area contributed by atoms with Gasteiger partial charge in [-0.15, -0.1) is 0 Å². The predicted molar refractivity (Wildman–Crippen MR) is 76.1 cm³/mol. The average molecular weight is 300 g/mol. The first-order valence-electron chi connectivity index (χ1n) is 6.36. The van der Waals surface area contributed by atoms with Gasteiger partial charge < -0.3 is 9.64 Å². The van der Waals surface area contributed by atoms with E-state index < -0.39 is 10.0 Å². The SMILES string of the molecule is CCN(CC)C(=O)CNS(=O)(=O)c1ccc(OC)cc1. The molecule has 0 radical (unpaired) electrons. The van der Waals surface area contributed by atoms with Crippen molar-refractivity contribution < 1.29 is 17.9 Å². The smallest absolute Gasteiger partial charge is 0.241 e. The van der Waals surface area contributed by atoms with Crippen LogP contribution in [0.15, 0.2) is 29.2 Å². The van der Waals surface area contributed by atoms with Crippen molar-refractivity contribution in [3.63, 3.8) is 0 Å². The number of nitrogens with zero attached hydrogens (tertiary/aromatic N) is 1. The first-order chi connectivity index (χ1) is 9.44. The van der Waals surface area contributed by atoms with Gasteiger partial charge in [0.05, 0.1) is 18.6 Å². The fourth-order valence-corrected chi connectivity index (χ4v) is 2.66. The molecule has 0 aliphatic heterocycles. The van der Waals surface area contributed by atoms with E-state index in [4.69, 9.17) is 4.74 Å². The Hall–Kier alpha value is -1.60. The van der Waals surface area contributed by atoms with Gasteiger partial charge in [-0.2, -0.15) is 0 Å². The largest absolute Gasteiger partial charge is 0.497 e. The molecule has 0 aliphatic rings. The highest BCUT2D eigenvalue weighted by Gasteiger charge is 2.17. The minimum atomic E-state index is -3.68. The molecule has 1 amide bonds. The Kier molecular flexibility index (Phi) is 5.97. The first-order valence-corrected chi connectivity index (χ1v) is 7.84. The van der Waals surface area contributed by atoms with Crippen LogP contribution in [0, 0.1) is 0 Å². The molecule has 20 heavy (non-hydrogen) atoms. The maximum atomic E-state index is 12.0. The van der Waals surface area contributed by atoms with Crippen molar-refractivity contribution in [1.82, 2.24) is 9.62 Å². The molecule has 0 saturated carbocycles. The van der Waals surface area contributed by atoms with E-state index in [1.54, 1.807) is 17.0 Å². The van der Waals surface area contributed by atoms with Crippen molar-refractivity contribution in [3.05, 3.63) is 24.3 Å². The fourth-order valence-electron chi connectivity index (χ4n) is 1.68. The van der Waals surface area contributed by atoms with Crippen LogP contribution >= 0.6 is 0 Å². The van der Waals surface area contributed by atoms with Crippen LogP contribution in [0.1, 0.15) is 13.8 Å². The molecule has 0 aliphatic carbocycles. The van der Waals surface area contributed by atoms with Crippen molar-refractivity contribution >= 4 is 15.9 Å². The maximum absolute atomic E-state index is 12.0. The molecule has 0 unspecified atom stereocenters. The molecule has 6 nitrogen and oxygen atoms in total. The monoisotopic (exact) mass is 300 g/mol. The third kappa shape index (κ3) is 4.21. The second-order valence-corrected chi connectivity index (χ2v) is 5.83.